The number of carbonyl (C=O) groups is 2. The van der Waals surface area contributed by atoms with Crippen LogP contribution in [-0.4, -0.2) is 44.2 Å². The largest absolute Gasteiger partial charge is 0.472 e. The Bertz CT molecular complexity index is 877. The van der Waals surface area contributed by atoms with Crippen molar-refractivity contribution in [3.63, 3.8) is 0 Å². The molecule has 0 unspecified atom stereocenters. The Morgan fingerprint density at radius 3 is 2.88 bits per heavy atom. The molecule has 1 aliphatic rings. The summed E-state index contributed by atoms with van der Waals surface area (Å²) in [5.74, 6) is -0.738. The number of hydrogen-bond donors (Lipinski definition) is 2. The van der Waals surface area contributed by atoms with Gasteiger partial charge in [0.05, 0.1) is 24.0 Å². The van der Waals surface area contributed by atoms with Crippen LogP contribution in [0.3, 0.4) is 0 Å². The summed E-state index contributed by atoms with van der Waals surface area (Å²) in [5.41, 5.74) is 1.03. The molecule has 2 N–H and O–H groups in total. The molecule has 1 fully saturated rings. The van der Waals surface area contributed by atoms with Crippen LogP contribution in [0.1, 0.15) is 15.9 Å². The summed E-state index contributed by atoms with van der Waals surface area (Å²) < 4.78 is 31.3. The molecule has 8 nitrogen and oxygen atoms in total. The van der Waals surface area contributed by atoms with Crippen molar-refractivity contribution >= 4 is 21.8 Å². The number of amides is 2. The summed E-state index contributed by atoms with van der Waals surface area (Å²) in [6.07, 6.45) is 3.02. The van der Waals surface area contributed by atoms with E-state index < -0.39 is 15.9 Å². The number of benzene rings is 1. The Labute approximate surface area is 144 Å². The zero-order valence-corrected chi connectivity index (χ0v) is 14.1. The number of piperazine rings is 1. The topological polar surface area (TPSA) is 109 Å². The molecule has 1 aromatic heterocycles. The highest BCUT2D eigenvalue weighted by Gasteiger charge is 2.29. The van der Waals surface area contributed by atoms with E-state index in [1.165, 1.54) is 36.8 Å². The smallest absolute Gasteiger partial charge is 0.251 e. The molecule has 2 aromatic rings. The van der Waals surface area contributed by atoms with Crippen molar-refractivity contribution in [2.75, 3.05) is 19.6 Å². The van der Waals surface area contributed by atoms with Crippen molar-refractivity contribution in [1.82, 2.24) is 14.9 Å². The van der Waals surface area contributed by atoms with Gasteiger partial charge in [-0.1, -0.05) is 6.07 Å². The van der Waals surface area contributed by atoms with Crippen LogP contribution in [0.15, 0.2) is 52.2 Å². The van der Waals surface area contributed by atoms with Crippen LogP contribution < -0.4 is 10.6 Å². The third-order valence-corrected chi connectivity index (χ3v) is 5.61. The lowest BCUT2D eigenvalue weighted by molar-refractivity contribution is -0.122. The standard InChI is InChI=1S/C16H17N3O5S/c20-15-10-19(6-5-17-15)25(22,23)14-3-1-2-13(8-14)16(21)18-9-12-4-7-24-11-12/h1-4,7-8,11H,5-6,9-10H2,(H,17,20)(H,18,21). The van der Waals surface area contributed by atoms with Gasteiger partial charge in [-0.2, -0.15) is 4.31 Å². The zero-order chi connectivity index (χ0) is 17.9. The van der Waals surface area contributed by atoms with E-state index in [0.29, 0.717) is 0 Å². The van der Waals surface area contributed by atoms with E-state index in [9.17, 15) is 18.0 Å². The van der Waals surface area contributed by atoms with Gasteiger partial charge in [-0.15, -0.1) is 0 Å². The first-order valence-electron chi connectivity index (χ1n) is 7.63. The molecule has 1 aromatic carbocycles. The average molecular weight is 363 g/mol. The molecule has 0 saturated carbocycles. The summed E-state index contributed by atoms with van der Waals surface area (Å²) in [4.78, 5) is 23.7. The van der Waals surface area contributed by atoms with Gasteiger partial charge in [0.25, 0.3) is 5.91 Å². The van der Waals surface area contributed by atoms with E-state index >= 15 is 0 Å². The number of rotatable bonds is 5. The molecule has 2 heterocycles. The highest BCUT2D eigenvalue weighted by molar-refractivity contribution is 7.89. The molecule has 0 bridgehead atoms. The van der Waals surface area contributed by atoms with Crippen molar-refractivity contribution in [3.8, 4) is 0 Å². The SMILES string of the molecule is O=C1CN(S(=O)(=O)c2cccc(C(=O)NCc3ccoc3)c2)CCN1. The van der Waals surface area contributed by atoms with Crippen LogP contribution in [0.2, 0.25) is 0 Å². The maximum Gasteiger partial charge on any atom is 0.251 e. The van der Waals surface area contributed by atoms with Crippen molar-refractivity contribution in [1.29, 1.82) is 0 Å². The first-order valence-corrected chi connectivity index (χ1v) is 9.07. The molecular weight excluding hydrogens is 346 g/mol. The van der Waals surface area contributed by atoms with E-state index in [2.05, 4.69) is 10.6 Å². The second-order valence-electron chi connectivity index (χ2n) is 5.53. The average Bonchev–Trinajstić information content (AvgIpc) is 3.13. The summed E-state index contributed by atoms with van der Waals surface area (Å²) in [7, 11) is -3.83. The lowest BCUT2D eigenvalue weighted by Gasteiger charge is -2.26. The molecule has 0 aliphatic carbocycles. The second-order valence-corrected chi connectivity index (χ2v) is 7.47. The fourth-order valence-corrected chi connectivity index (χ4v) is 3.89. The molecule has 1 saturated heterocycles. The second kappa shape index (κ2) is 7.08. The first-order chi connectivity index (χ1) is 12.0. The number of nitrogens with zero attached hydrogens (tertiary/aromatic N) is 1. The van der Waals surface area contributed by atoms with Gasteiger partial charge in [-0.25, -0.2) is 8.42 Å². The summed E-state index contributed by atoms with van der Waals surface area (Å²) in [6.45, 7) is 0.520. The highest BCUT2D eigenvalue weighted by Crippen LogP contribution is 2.18. The molecule has 0 spiro atoms. The minimum Gasteiger partial charge on any atom is -0.472 e. The van der Waals surface area contributed by atoms with Crippen LogP contribution in [0.25, 0.3) is 0 Å². The molecular formula is C16H17N3O5S. The lowest BCUT2D eigenvalue weighted by Crippen LogP contribution is -2.49. The Hall–Kier alpha value is -2.65. The van der Waals surface area contributed by atoms with Gasteiger partial charge in [0.15, 0.2) is 0 Å². The van der Waals surface area contributed by atoms with E-state index in [1.54, 1.807) is 6.07 Å². The monoisotopic (exact) mass is 363 g/mol. The van der Waals surface area contributed by atoms with Gasteiger partial charge in [0, 0.05) is 30.8 Å². The van der Waals surface area contributed by atoms with Crippen molar-refractivity contribution in [3.05, 3.63) is 54.0 Å². The van der Waals surface area contributed by atoms with Gasteiger partial charge in [0.2, 0.25) is 15.9 Å². The fraction of sp³-hybridized carbons (Fsp3) is 0.250. The minimum absolute atomic E-state index is 0.0156. The normalized spacial score (nSPS) is 15.6. The third kappa shape index (κ3) is 3.89. The molecule has 2 amide bonds. The third-order valence-electron chi connectivity index (χ3n) is 3.77. The Balaban J connectivity index is 1.76. The van der Waals surface area contributed by atoms with Crippen LogP contribution in [0, 0.1) is 0 Å². The first kappa shape index (κ1) is 17.2. The number of sulfonamides is 1. The lowest BCUT2D eigenvalue weighted by atomic mass is 10.2. The van der Waals surface area contributed by atoms with Crippen LogP contribution in [0.4, 0.5) is 0 Å². The van der Waals surface area contributed by atoms with E-state index in [4.69, 9.17) is 4.42 Å². The summed E-state index contributed by atoms with van der Waals surface area (Å²) >= 11 is 0. The molecule has 9 heteroatoms. The summed E-state index contributed by atoms with van der Waals surface area (Å²) in [6, 6.07) is 7.49. The number of carbonyl (C=O) groups excluding carboxylic acids is 2. The fourth-order valence-electron chi connectivity index (χ4n) is 2.44. The van der Waals surface area contributed by atoms with Crippen molar-refractivity contribution in [2.24, 2.45) is 0 Å². The van der Waals surface area contributed by atoms with Gasteiger partial charge in [0.1, 0.15) is 0 Å². The van der Waals surface area contributed by atoms with Gasteiger partial charge >= 0.3 is 0 Å². The van der Waals surface area contributed by atoms with E-state index in [-0.39, 0.29) is 42.5 Å². The van der Waals surface area contributed by atoms with Crippen LogP contribution >= 0.6 is 0 Å². The van der Waals surface area contributed by atoms with E-state index in [1.807, 2.05) is 0 Å². The van der Waals surface area contributed by atoms with Gasteiger partial charge < -0.3 is 15.1 Å². The van der Waals surface area contributed by atoms with E-state index in [0.717, 1.165) is 9.87 Å². The molecule has 0 atom stereocenters. The van der Waals surface area contributed by atoms with Crippen molar-refractivity contribution < 1.29 is 22.4 Å². The molecule has 3 rings (SSSR count). The highest BCUT2D eigenvalue weighted by atomic mass is 32.2. The Morgan fingerprint density at radius 2 is 2.16 bits per heavy atom. The molecule has 1 aliphatic heterocycles. The predicted octanol–water partition coefficient (Wildman–Crippen LogP) is 0.330. The number of furan rings is 1. The molecule has 25 heavy (non-hydrogen) atoms. The maximum atomic E-state index is 12.7. The Morgan fingerprint density at radius 1 is 1.32 bits per heavy atom. The molecule has 0 radical (unpaired) electrons. The van der Waals surface area contributed by atoms with Gasteiger partial charge in [-0.05, 0) is 24.3 Å². The predicted molar refractivity (Wildman–Crippen MR) is 88.1 cm³/mol. The molecule has 132 valence electrons. The quantitative estimate of drug-likeness (QED) is 0.796. The summed E-state index contributed by atoms with van der Waals surface area (Å²) in [5, 5.41) is 5.27. The van der Waals surface area contributed by atoms with Crippen LogP contribution in [0.5, 0.6) is 0 Å². The van der Waals surface area contributed by atoms with Crippen molar-refractivity contribution in [2.45, 2.75) is 11.4 Å². The Kier molecular flexibility index (Phi) is 4.86. The van der Waals surface area contributed by atoms with Gasteiger partial charge in [-0.3, -0.25) is 9.59 Å². The minimum atomic E-state index is -3.83. The number of hydrogen-bond acceptors (Lipinski definition) is 5. The number of nitrogens with one attached hydrogen (secondary N) is 2. The zero-order valence-electron chi connectivity index (χ0n) is 13.3. The van der Waals surface area contributed by atoms with Crippen LogP contribution in [-0.2, 0) is 21.4 Å². The maximum absolute atomic E-state index is 12.7.